The molecule has 0 saturated heterocycles. The van der Waals surface area contributed by atoms with Gasteiger partial charge in [0, 0.05) is 39.1 Å². The summed E-state index contributed by atoms with van der Waals surface area (Å²) >= 11 is 0. The number of nitrogens with zero attached hydrogens (tertiary/aromatic N) is 1. The monoisotopic (exact) mass is 705 g/mol. The third kappa shape index (κ3) is 4.77. The van der Waals surface area contributed by atoms with Crippen molar-refractivity contribution in [2.75, 3.05) is 0 Å². The zero-order valence-electron chi connectivity index (χ0n) is 30.7. The third-order valence-corrected chi connectivity index (χ3v) is 12.5. The smallest absolute Gasteiger partial charge is 0.140 e. The van der Waals surface area contributed by atoms with Crippen molar-refractivity contribution in [3.05, 3.63) is 221 Å². The second kappa shape index (κ2) is 12.5. The van der Waals surface area contributed by atoms with Crippen molar-refractivity contribution in [1.29, 1.82) is 0 Å². The van der Waals surface area contributed by atoms with E-state index in [0.717, 1.165) is 46.5 Å². The van der Waals surface area contributed by atoms with E-state index >= 15 is 0 Å². The van der Waals surface area contributed by atoms with Crippen LogP contribution in [0.4, 0.5) is 0 Å². The molecule has 2 nitrogen and oxygen atoms in total. The molecule has 0 radical (unpaired) electrons. The van der Waals surface area contributed by atoms with Gasteiger partial charge >= 0.3 is 0 Å². The fraction of sp³-hybridized carbons (Fsp3) is 0.113. The summed E-state index contributed by atoms with van der Waals surface area (Å²) in [5.74, 6) is 2.52. The first-order valence-electron chi connectivity index (χ1n) is 19.6. The Hall–Kier alpha value is -6.51. The molecule has 1 aliphatic carbocycles. The highest BCUT2D eigenvalue weighted by atomic mass is 16.5. The molecule has 55 heavy (non-hydrogen) atoms. The Morgan fingerprint density at radius 1 is 0.527 bits per heavy atom. The molecule has 1 spiro atoms. The number of hydrogen-bond acceptors (Lipinski definition) is 2. The van der Waals surface area contributed by atoms with E-state index in [1.165, 1.54) is 60.8 Å². The first kappa shape index (κ1) is 32.0. The van der Waals surface area contributed by atoms with Crippen LogP contribution >= 0.6 is 0 Å². The predicted octanol–water partition coefficient (Wildman–Crippen LogP) is 13.5. The molecule has 0 N–H and O–H groups in total. The molecular formula is C53H39NO. The lowest BCUT2D eigenvalue weighted by molar-refractivity contribution is 0.447. The zero-order chi connectivity index (χ0) is 36.5. The van der Waals surface area contributed by atoms with Crippen LogP contribution in [0.25, 0.3) is 38.4 Å². The van der Waals surface area contributed by atoms with E-state index in [-0.39, 0.29) is 5.92 Å². The van der Waals surface area contributed by atoms with Crippen LogP contribution in [0.1, 0.15) is 64.6 Å². The van der Waals surface area contributed by atoms with Crippen molar-refractivity contribution in [1.82, 2.24) is 0 Å². The Kier molecular flexibility index (Phi) is 7.29. The van der Waals surface area contributed by atoms with Crippen LogP contribution in [0, 0.1) is 5.92 Å². The average molecular weight is 706 g/mol. The van der Waals surface area contributed by atoms with Crippen LogP contribution in [0.3, 0.4) is 0 Å². The standard InChI is InChI=1S/C53H39NO/c1-34-27-32-48(38-19-6-3-7-20-38)54-49(33-43(34)35-15-4-2-5-16-35)42-24-14-26-45-50(42)41-23-12-13-25-44(41)53(45)46-30-28-36-17-8-10-21-39(36)51(46)55-52-40-22-11-9-18-37(40)29-31-47(52)53/h2-26,28-31,33-34,43H,27,32H2,1H3/b49-33-,54-48+. The predicted molar refractivity (Wildman–Crippen MR) is 227 cm³/mol. The lowest BCUT2D eigenvalue weighted by Gasteiger charge is -2.40. The van der Waals surface area contributed by atoms with Crippen molar-refractivity contribution in [3.8, 4) is 22.6 Å². The van der Waals surface area contributed by atoms with Gasteiger partial charge in [0.05, 0.1) is 11.1 Å². The maximum absolute atomic E-state index is 7.20. The van der Waals surface area contributed by atoms with Gasteiger partial charge in [-0.2, -0.15) is 0 Å². The number of fused-ring (bicyclic) bond motifs is 13. The first-order chi connectivity index (χ1) is 27.2. The van der Waals surface area contributed by atoms with E-state index in [0.29, 0.717) is 5.92 Å². The molecule has 3 aliphatic rings. The molecule has 0 fully saturated rings. The zero-order valence-corrected chi connectivity index (χ0v) is 30.7. The van der Waals surface area contributed by atoms with E-state index < -0.39 is 5.41 Å². The fourth-order valence-electron chi connectivity index (χ4n) is 9.87. The molecule has 0 bridgehead atoms. The second-order valence-corrected chi connectivity index (χ2v) is 15.4. The number of hydrogen-bond donors (Lipinski definition) is 0. The summed E-state index contributed by atoms with van der Waals surface area (Å²) in [7, 11) is 0. The van der Waals surface area contributed by atoms with Crippen LogP contribution in [-0.4, -0.2) is 5.71 Å². The summed E-state index contributed by atoms with van der Waals surface area (Å²) in [6, 6.07) is 64.2. The molecule has 0 amide bonds. The fourth-order valence-corrected chi connectivity index (χ4v) is 9.87. The van der Waals surface area contributed by atoms with Crippen LogP contribution in [0.5, 0.6) is 11.5 Å². The molecule has 0 saturated carbocycles. The molecule has 2 heterocycles. The van der Waals surface area contributed by atoms with Gasteiger partial charge in [0.1, 0.15) is 11.5 Å². The van der Waals surface area contributed by atoms with Gasteiger partial charge in [-0.3, -0.25) is 4.99 Å². The van der Waals surface area contributed by atoms with Crippen LogP contribution in [-0.2, 0) is 5.41 Å². The summed E-state index contributed by atoms with van der Waals surface area (Å²) in [6.07, 6.45) is 4.45. The summed E-state index contributed by atoms with van der Waals surface area (Å²) < 4.78 is 7.20. The third-order valence-electron chi connectivity index (χ3n) is 12.5. The maximum atomic E-state index is 7.20. The van der Waals surface area contributed by atoms with Crippen molar-refractivity contribution < 1.29 is 4.74 Å². The summed E-state index contributed by atoms with van der Waals surface area (Å²) in [6.45, 7) is 2.41. The van der Waals surface area contributed by atoms with E-state index in [4.69, 9.17) is 9.73 Å². The van der Waals surface area contributed by atoms with Gasteiger partial charge in [-0.15, -0.1) is 0 Å². The van der Waals surface area contributed by atoms with Gasteiger partial charge in [-0.05, 0) is 62.9 Å². The minimum absolute atomic E-state index is 0.223. The summed E-state index contributed by atoms with van der Waals surface area (Å²) in [4.78, 5) is 5.69. The quantitative estimate of drug-likeness (QED) is 0.179. The molecule has 262 valence electrons. The van der Waals surface area contributed by atoms with Crippen molar-refractivity contribution in [3.63, 3.8) is 0 Å². The van der Waals surface area contributed by atoms with Gasteiger partial charge in [0.15, 0.2) is 0 Å². The SMILES string of the molecule is CC1CC/C(c2ccccc2)=N\C(c2cccc3c2-c2ccccc2C32c3ccc4ccccc4c3Oc3c2ccc2ccccc32)=C/C1c1ccccc1. The lowest BCUT2D eigenvalue weighted by Crippen LogP contribution is -2.32. The van der Waals surface area contributed by atoms with Crippen LogP contribution < -0.4 is 4.74 Å². The summed E-state index contributed by atoms with van der Waals surface area (Å²) in [5, 5.41) is 4.59. The highest BCUT2D eigenvalue weighted by Crippen LogP contribution is 2.64. The molecule has 8 aromatic carbocycles. The van der Waals surface area contributed by atoms with E-state index in [1.54, 1.807) is 0 Å². The Labute approximate surface area is 322 Å². The molecule has 2 unspecified atom stereocenters. The van der Waals surface area contributed by atoms with Gasteiger partial charge in [0.25, 0.3) is 0 Å². The number of allylic oxidation sites excluding steroid dienone is 1. The van der Waals surface area contributed by atoms with E-state index in [2.05, 4.69) is 189 Å². The van der Waals surface area contributed by atoms with Crippen LogP contribution in [0.15, 0.2) is 187 Å². The summed E-state index contributed by atoms with van der Waals surface area (Å²) in [5.41, 5.74) is 12.7. The van der Waals surface area contributed by atoms with Gasteiger partial charge in [0.2, 0.25) is 0 Å². The van der Waals surface area contributed by atoms with Crippen molar-refractivity contribution >= 4 is 33.0 Å². The molecule has 11 rings (SSSR count). The molecule has 2 heteroatoms. The van der Waals surface area contributed by atoms with Crippen molar-refractivity contribution in [2.24, 2.45) is 10.9 Å². The Bertz CT molecular complexity index is 2780. The normalized spacial score (nSPS) is 19.8. The maximum Gasteiger partial charge on any atom is 0.140 e. The molecule has 2 aliphatic heterocycles. The van der Waals surface area contributed by atoms with Crippen LogP contribution in [0.2, 0.25) is 0 Å². The Balaban J connectivity index is 1.25. The molecular weight excluding hydrogens is 667 g/mol. The number of ether oxygens (including phenoxy) is 1. The second-order valence-electron chi connectivity index (χ2n) is 15.4. The Morgan fingerprint density at radius 3 is 1.82 bits per heavy atom. The number of aliphatic imine (C=N–C) groups is 1. The highest BCUT2D eigenvalue weighted by molar-refractivity contribution is 6.06. The highest BCUT2D eigenvalue weighted by Gasteiger charge is 2.52. The molecule has 2 atom stereocenters. The van der Waals surface area contributed by atoms with Gasteiger partial charge in [-0.1, -0.05) is 189 Å². The number of benzene rings is 8. The average Bonchev–Trinajstić information content (AvgIpc) is 3.54. The minimum Gasteiger partial charge on any atom is -0.455 e. The number of rotatable bonds is 3. The van der Waals surface area contributed by atoms with Crippen molar-refractivity contribution in [2.45, 2.75) is 31.1 Å². The van der Waals surface area contributed by atoms with Gasteiger partial charge < -0.3 is 4.74 Å². The topological polar surface area (TPSA) is 21.6 Å². The van der Waals surface area contributed by atoms with E-state index in [1.807, 2.05) is 0 Å². The Morgan fingerprint density at radius 2 is 1.11 bits per heavy atom. The van der Waals surface area contributed by atoms with E-state index in [9.17, 15) is 0 Å². The first-order valence-corrected chi connectivity index (χ1v) is 19.6. The largest absolute Gasteiger partial charge is 0.455 e. The molecule has 0 aromatic heterocycles. The van der Waals surface area contributed by atoms with Gasteiger partial charge in [-0.25, -0.2) is 0 Å². The minimum atomic E-state index is -0.612. The molecule has 8 aromatic rings. The lowest BCUT2D eigenvalue weighted by atomic mass is 9.65.